The van der Waals surface area contributed by atoms with E-state index in [1.165, 1.54) is 4.88 Å². The molecule has 0 bridgehead atoms. The first-order valence-electron chi connectivity index (χ1n) is 6.41. The van der Waals surface area contributed by atoms with Gasteiger partial charge in [-0.2, -0.15) is 0 Å². The molecule has 0 saturated heterocycles. The summed E-state index contributed by atoms with van der Waals surface area (Å²) in [6.07, 6.45) is 0. The number of ether oxygens (including phenoxy) is 1. The third-order valence-corrected chi connectivity index (χ3v) is 4.20. The smallest absolute Gasteiger partial charge is 0.120 e. The fraction of sp³-hybridized carbons (Fsp3) is 0.267. The molecule has 0 atom stereocenters. The molecule has 2 aromatic rings. The number of nitrogens with zero attached hydrogens (tertiary/aromatic N) is 1. The summed E-state index contributed by atoms with van der Waals surface area (Å²) in [6.45, 7) is 3.84. The Bertz CT molecular complexity index is 582. The number of anilines is 1. The number of thiocarbonyl (C=S) groups is 1. The fourth-order valence-corrected chi connectivity index (χ4v) is 2.96. The minimum absolute atomic E-state index is 0.410. The van der Waals surface area contributed by atoms with Crippen molar-refractivity contribution in [2.24, 2.45) is 5.73 Å². The molecular formula is C15H18N2OS2. The maximum Gasteiger partial charge on any atom is 0.120 e. The lowest BCUT2D eigenvalue weighted by Crippen LogP contribution is -2.25. The first-order chi connectivity index (χ1) is 9.65. The number of methoxy groups -OCH3 is 1. The van der Waals surface area contributed by atoms with Crippen molar-refractivity contribution in [1.82, 2.24) is 0 Å². The lowest BCUT2D eigenvalue weighted by molar-refractivity contribution is 0.414. The van der Waals surface area contributed by atoms with Crippen LogP contribution in [0.1, 0.15) is 17.4 Å². The zero-order chi connectivity index (χ0) is 14.5. The Morgan fingerprint density at radius 2 is 2.20 bits per heavy atom. The summed E-state index contributed by atoms with van der Waals surface area (Å²) in [6, 6.07) is 10.00. The zero-order valence-corrected chi connectivity index (χ0v) is 13.3. The van der Waals surface area contributed by atoms with E-state index in [9.17, 15) is 0 Å². The van der Waals surface area contributed by atoms with Crippen LogP contribution >= 0.6 is 23.6 Å². The maximum atomic E-state index is 5.84. The van der Waals surface area contributed by atoms with Gasteiger partial charge in [0.1, 0.15) is 10.7 Å². The molecule has 1 heterocycles. The number of nitrogens with two attached hydrogens (primary N) is 1. The molecule has 0 aliphatic carbocycles. The Morgan fingerprint density at radius 3 is 2.75 bits per heavy atom. The Hall–Kier alpha value is -1.59. The van der Waals surface area contributed by atoms with Gasteiger partial charge in [0.25, 0.3) is 0 Å². The minimum Gasteiger partial charge on any atom is -0.497 e. The SMILES string of the molecule is CCN(Cc1cccs1)c1cc(OC)ccc1C(N)=S. The second kappa shape index (κ2) is 6.72. The van der Waals surface area contributed by atoms with E-state index in [1.54, 1.807) is 18.4 Å². The van der Waals surface area contributed by atoms with E-state index in [-0.39, 0.29) is 0 Å². The summed E-state index contributed by atoms with van der Waals surface area (Å²) in [7, 11) is 1.66. The van der Waals surface area contributed by atoms with Crippen molar-refractivity contribution in [2.45, 2.75) is 13.5 Å². The van der Waals surface area contributed by atoms with Crippen LogP contribution in [0.15, 0.2) is 35.7 Å². The molecule has 20 heavy (non-hydrogen) atoms. The molecule has 0 spiro atoms. The van der Waals surface area contributed by atoms with Crippen molar-refractivity contribution in [2.75, 3.05) is 18.6 Å². The summed E-state index contributed by atoms with van der Waals surface area (Å²) in [5.74, 6) is 0.810. The summed E-state index contributed by atoms with van der Waals surface area (Å²) in [4.78, 5) is 3.97. The van der Waals surface area contributed by atoms with Crippen LogP contribution in [0.2, 0.25) is 0 Å². The lowest BCUT2D eigenvalue weighted by atomic mass is 10.1. The highest BCUT2D eigenvalue weighted by Crippen LogP contribution is 2.28. The van der Waals surface area contributed by atoms with Crippen LogP contribution in [0.4, 0.5) is 5.69 Å². The van der Waals surface area contributed by atoms with Gasteiger partial charge in [-0.25, -0.2) is 0 Å². The van der Waals surface area contributed by atoms with Crippen LogP contribution in [-0.2, 0) is 6.54 Å². The molecule has 5 heteroatoms. The van der Waals surface area contributed by atoms with E-state index in [0.717, 1.165) is 30.1 Å². The molecular weight excluding hydrogens is 288 g/mol. The van der Waals surface area contributed by atoms with E-state index in [2.05, 4.69) is 29.3 Å². The Balaban J connectivity index is 2.38. The number of hydrogen-bond donors (Lipinski definition) is 1. The van der Waals surface area contributed by atoms with E-state index in [0.29, 0.717) is 4.99 Å². The van der Waals surface area contributed by atoms with Crippen LogP contribution in [0, 0.1) is 0 Å². The number of rotatable bonds is 6. The van der Waals surface area contributed by atoms with Gasteiger partial charge in [-0.3, -0.25) is 0 Å². The molecule has 0 unspecified atom stereocenters. The van der Waals surface area contributed by atoms with Crippen molar-refractivity contribution < 1.29 is 4.74 Å². The van der Waals surface area contributed by atoms with Crippen molar-refractivity contribution in [1.29, 1.82) is 0 Å². The van der Waals surface area contributed by atoms with Gasteiger partial charge in [-0.15, -0.1) is 11.3 Å². The first-order valence-corrected chi connectivity index (χ1v) is 7.69. The predicted molar refractivity (Wildman–Crippen MR) is 89.9 cm³/mol. The predicted octanol–water partition coefficient (Wildman–Crippen LogP) is 3.42. The summed E-state index contributed by atoms with van der Waals surface area (Å²) in [5, 5.41) is 2.09. The van der Waals surface area contributed by atoms with Gasteiger partial charge in [-0.1, -0.05) is 18.3 Å². The van der Waals surface area contributed by atoms with Crippen molar-refractivity contribution in [3.8, 4) is 5.75 Å². The second-order valence-electron chi connectivity index (χ2n) is 4.34. The summed E-state index contributed by atoms with van der Waals surface area (Å²) >= 11 is 6.91. The third kappa shape index (κ3) is 3.29. The Kier molecular flexibility index (Phi) is 4.98. The van der Waals surface area contributed by atoms with Gasteiger partial charge < -0.3 is 15.4 Å². The fourth-order valence-electron chi connectivity index (χ4n) is 2.07. The summed E-state index contributed by atoms with van der Waals surface area (Å²) in [5.41, 5.74) is 7.75. The molecule has 0 aliphatic heterocycles. The molecule has 3 nitrogen and oxygen atoms in total. The third-order valence-electron chi connectivity index (χ3n) is 3.12. The second-order valence-corrected chi connectivity index (χ2v) is 5.81. The topological polar surface area (TPSA) is 38.5 Å². The molecule has 0 fully saturated rings. The van der Waals surface area contributed by atoms with Gasteiger partial charge in [0.15, 0.2) is 0 Å². The largest absolute Gasteiger partial charge is 0.497 e. The number of thiophene rings is 1. The van der Waals surface area contributed by atoms with E-state index < -0.39 is 0 Å². The van der Waals surface area contributed by atoms with Gasteiger partial charge >= 0.3 is 0 Å². The Morgan fingerprint density at radius 1 is 1.40 bits per heavy atom. The number of hydrogen-bond acceptors (Lipinski definition) is 4. The van der Waals surface area contributed by atoms with Crippen LogP contribution < -0.4 is 15.4 Å². The van der Waals surface area contributed by atoms with Crippen LogP contribution in [-0.4, -0.2) is 18.6 Å². The highest BCUT2D eigenvalue weighted by atomic mass is 32.1. The molecule has 0 saturated carbocycles. The van der Waals surface area contributed by atoms with E-state index in [1.807, 2.05) is 18.2 Å². The highest BCUT2D eigenvalue weighted by Gasteiger charge is 2.14. The average Bonchev–Trinajstić information content (AvgIpc) is 2.97. The van der Waals surface area contributed by atoms with Crippen molar-refractivity contribution in [3.05, 3.63) is 46.2 Å². The van der Waals surface area contributed by atoms with Crippen molar-refractivity contribution >= 4 is 34.2 Å². The van der Waals surface area contributed by atoms with Crippen LogP contribution in [0.25, 0.3) is 0 Å². The molecule has 106 valence electrons. The van der Waals surface area contributed by atoms with Crippen LogP contribution in [0.5, 0.6) is 5.75 Å². The molecule has 0 amide bonds. The van der Waals surface area contributed by atoms with Crippen molar-refractivity contribution in [3.63, 3.8) is 0 Å². The average molecular weight is 306 g/mol. The normalized spacial score (nSPS) is 10.3. The monoisotopic (exact) mass is 306 g/mol. The summed E-state index contributed by atoms with van der Waals surface area (Å²) < 4.78 is 5.31. The van der Waals surface area contributed by atoms with Gasteiger partial charge in [0, 0.05) is 23.1 Å². The molecule has 0 radical (unpaired) electrons. The minimum atomic E-state index is 0.410. The van der Waals surface area contributed by atoms with E-state index in [4.69, 9.17) is 22.7 Å². The Labute approximate surface area is 129 Å². The van der Waals surface area contributed by atoms with Gasteiger partial charge in [-0.05, 0) is 30.5 Å². The molecule has 2 rings (SSSR count). The molecule has 0 aliphatic rings. The zero-order valence-electron chi connectivity index (χ0n) is 11.6. The molecule has 2 N–H and O–H groups in total. The van der Waals surface area contributed by atoms with E-state index >= 15 is 0 Å². The standard InChI is InChI=1S/C15H18N2OS2/c1-3-17(10-12-5-4-8-20-12)14-9-11(18-2)6-7-13(14)15(16)19/h4-9H,3,10H2,1-2H3,(H2,16,19). The van der Waals surface area contributed by atoms with Gasteiger partial charge in [0.05, 0.1) is 19.3 Å². The molecule has 1 aromatic heterocycles. The lowest BCUT2D eigenvalue weighted by Gasteiger charge is -2.25. The molecule has 1 aromatic carbocycles. The highest BCUT2D eigenvalue weighted by molar-refractivity contribution is 7.80. The maximum absolute atomic E-state index is 5.84. The number of benzene rings is 1. The van der Waals surface area contributed by atoms with Gasteiger partial charge in [0.2, 0.25) is 0 Å². The quantitative estimate of drug-likeness (QED) is 0.830. The van der Waals surface area contributed by atoms with Crippen LogP contribution in [0.3, 0.4) is 0 Å². The first kappa shape index (κ1) is 14.8.